The molecular formula is C21H21ClN2O4. The van der Waals surface area contributed by atoms with Crippen LogP contribution in [0.15, 0.2) is 36.4 Å². The number of urea groups is 1. The average molecular weight is 401 g/mol. The summed E-state index contributed by atoms with van der Waals surface area (Å²) >= 11 is 6.10. The van der Waals surface area contributed by atoms with Gasteiger partial charge in [0.1, 0.15) is 12.4 Å². The Hall–Kier alpha value is -2.86. The Balaban J connectivity index is 1.74. The Labute approximate surface area is 168 Å². The zero-order chi connectivity index (χ0) is 20.3. The fourth-order valence-electron chi connectivity index (χ4n) is 3.14. The largest absolute Gasteiger partial charge is 0.491 e. The smallest absolute Gasteiger partial charge is 0.324 e. The number of halogens is 1. The fourth-order valence-corrected chi connectivity index (χ4v) is 3.32. The molecule has 0 aromatic heterocycles. The number of hydrogen-bond acceptors (Lipinski definition) is 4. The Morgan fingerprint density at radius 3 is 2.54 bits per heavy atom. The lowest BCUT2D eigenvalue weighted by Crippen LogP contribution is -2.50. The van der Waals surface area contributed by atoms with Crippen LogP contribution in [0.1, 0.15) is 33.5 Å². The number of hydrogen-bond donors (Lipinski definition) is 1. The van der Waals surface area contributed by atoms with Gasteiger partial charge in [0.15, 0.2) is 5.78 Å². The molecule has 1 aliphatic rings. The van der Waals surface area contributed by atoms with Gasteiger partial charge >= 0.3 is 6.03 Å². The van der Waals surface area contributed by atoms with Crippen molar-refractivity contribution in [2.45, 2.75) is 20.3 Å². The molecule has 0 bridgehead atoms. The maximum Gasteiger partial charge on any atom is 0.324 e. The third-order valence-corrected chi connectivity index (χ3v) is 4.67. The number of carbonyl (C=O) groups excluding carboxylic acids is 3. The van der Waals surface area contributed by atoms with Gasteiger partial charge < -0.3 is 9.64 Å². The Morgan fingerprint density at radius 1 is 1.14 bits per heavy atom. The lowest BCUT2D eigenvalue weighted by atomic mass is 9.99. The summed E-state index contributed by atoms with van der Waals surface area (Å²) in [5, 5.41) is 2.71. The van der Waals surface area contributed by atoms with Crippen molar-refractivity contribution >= 4 is 29.3 Å². The molecule has 1 fully saturated rings. The van der Waals surface area contributed by atoms with Crippen LogP contribution in [0.25, 0.3) is 0 Å². The number of nitrogens with one attached hydrogen (secondary N) is 1. The molecule has 0 atom stereocenters. The van der Waals surface area contributed by atoms with Crippen LogP contribution in [0.3, 0.4) is 0 Å². The molecule has 28 heavy (non-hydrogen) atoms. The van der Waals surface area contributed by atoms with Crippen molar-refractivity contribution in [3.63, 3.8) is 0 Å². The Bertz CT molecular complexity index is 922. The van der Waals surface area contributed by atoms with E-state index in [1.807, 2.05) is 32.0 Å². The first kappa shape index (κ1) is 19.9. The minimum absolute atomic E-state index is 0.175. The van der Waals surface area contributed by atoms with Crippen molar-refractivity contribution in [3.05, 3.63) is 63.7 Å². The maximum atomic E-state index is 13.0. The molecule has 6 nitrogen and oxygen atoms in total. The number of nitrogens with zero attached hydrogens (tertiary/aromatic N) is 1. The van der Waals surface area contributed by atoms with Crippen molar-refractivity contribution in [1.82, 2.24) is 10.2 Å². The van der Waals surface area contributed by atoms with Gasteiger partial charge in [-0.05, 0) is 44.2 Å². The van der Waals surface area contributed by atoms with Crippen molar-refractivity contribution in [3.8, 4) is 5.75 Å². The van der Waals surface area contributed by atoms with E-state index < -0.39 is 6.03 Å². The second-order valence-corrected chi connectivity index (χ2v) is 7.22. The first-order chi connectivity index (χ1) is 13.3. The molecular weight excluding hydrogens is 380 g/mol. The number of rotatable bonds is 6. The predicted octanol–water partition coefficient (Wildman–Crippen LogP) is 3.51. The second-order valence-electron chi connectivity index (χ2n) is 6.78. The number of carbonyl (C=O) groups is 3. The van der Waals surface area contributed by atoms with Gasteiger partial charge in [-0.15, -0.1) is 0 Å². The van der Waals surface area contributed by atoms with E-state index >= 15 is 0 Å². The number of amides is 3. The first-order valence-electron chi connectivity index (χ1n) is 8.97. The van der Waals surface area contributed by atoms with Crippen LogP contribution in [0.2, 0.25) is 5.02 Å². The first-order valence-corrected chi connectivity index (χ1v) is 9.35. The van der Waals surface area contributed by atoms with Crippen LogP contribution in [0.4, 0.5) is 4.79 Å². The summed E-state index contributed by atoms with van der Waals surface area (Å²) < 4.78 is 5.79. The van der Waals surface area contributed by atoms with E-state index in [1.54, 1.807) is 18.2 Å². The molecule has 1 saturated heterocycles. The Morgan fingerprint density at radius 2 is 1.86 bits per heavy atom. The van der Waals surface area contributed by atoms with Gasteiger partial charge in [0.2, 0.25) is 5.91 Å². The van der Waals surface area contributed by atoms with E-state index in [0.29, 0.717) is 35.0 Å². The van der Waals surface area contributed by atoms with Crippen molar-refractivity contribution in [2.24, 2.45) is 0 Å². The molecule has 1 N–H and O–H groups in total. The monoisotopic (exact) mass is 400 g/mol. The van der Waals surface area contributed by atoms with Gasteiger partial charge in [-0.2, -0.15) is 0 Å². The van der Waals surface area contributed by atoms with E-state index in [-0.39, 0.29) is 24.7 Å². The van der Waals surface area contributed by atoms with Gasteiger partial charge in [0, 0.05) is 23.6 Å². The highest BCUT2D eigenvalue weighted by atomic mass is 35.5. The van der Waals surface area contributed by atoms with Gasteiger partial charge in [0.25, 0.3) is 0 Å². The molecule has 0 radical (unpaired) electrons. The van der Waals surface area contributed by atoms with Crippen LogP contribution < -0.4 is 10.1 Å². The highest BCUT2D eigenvalue weighted by Gasteiger charge is 2.23. The molecule has 0 unspecified atom stereocenters. The van der Waals surface area contributed by atoms with E-state index in [2.05, 4.69) is 5.32 Å². The van der Waals surface area contributed by atoms with E-state index in [4.69, 9.17) is 16.3 Å². The van der Waals surface area contributed by atoms with E-state index in [9.17, 15) is 14.4 Å². The number of imide groups is 1. The highest BCUT2D eigenvalue weighted by Crippen LogP contribution is 2.26. The normalized spacial score (nSPS) is 14.0. The molecule has 0 spiro atoms. The van der Waals surface area contributed by atoms with Crippen LogP contribution in [0.5, 0.6) is 5.75 Å². The summed E-state index contributed by atoms with van der Waals surface area (Å²) in [7, 11) is 0. The zero-order valence-electron chi connectivity index (χ0n) is 15.8. The highest BCUT2D eigenvalue weighted by molar-refractivity contribution is 6.31. The van der Waals surface area contributed by atoms with Crippen LogP contribution in [-0.4, -0.2) is 42.3 Å². The SMILES string of the molecule is Cc1cc(C)cc(C(=O)c2cc(Cl)ccc2OCCN2CCC(=O)NC2=O)c1. The average Bonchev–Trinajstić information content (AvgIpc) is 2.63. The van der Waals surface area contributed by atoms with Gasteiger partial charge in [-0.25, -0.2) is 4.79 Å². The molecule has 3 rings (SSSR count). The molecule has 1 aliphatic heterocycles. The van der Waals surface area contributed by atoms with Crippen molar-refractivity contribution < 1.29 is 19.1 Å². The van der Waals surface area contributed by atoms with Gasteiger partial charge in [-0.3, -0.25) is 14.9 Å². The van der Waals surface area contributed by atoms with Crippen molar-refractivity contribution in [1.29, 1.82) is 0 Å². The topological polar surface area (TPSA) is 75.7 Å². The van der Waals surface area contributed by atoms with E-state index in [0.717, 1.165) is 11.1 Å². The summed E-state index contributed by atoms with van der Waals surface area (Å²) in [5.41, 5.74) is 2.94. The molecule has 0 saturated carbocycles. The predicted molar refractivity (Wildman–Crippen MR) is 106 cm³/mol. The molecule has 2 aromatic rings. The molecule has 0 aliphatic carbocycles. The molecule has 1 heterocycles. The molecule has 3 amide bonds. The minimum atomic E-state index is -0.428. The number of ketones is 1. The standard InChI is InChI=1S/C21H21ClN2O4/c1-13-9-14(2)11-15(10-13)20(26)17-12-16(22)3-4-18(17)28-8-7-24-6-5-19(25)23-21(24)27/h3-4,9-12H,5-8H2,1-2H3,(H,23,25,27). The summed E-state index contributed by atoms with van der Waals surface area (Å²) in [5.74, 6) is -0.0473. The number of benzene rings is 2. The van der Waals surface area contributed by atoms with Crippen LogP contribution in [0, 0.1) is 13.8 Å². The van der Waals surface area contributed by atoms with Crippen LogP contribution >= 0.6 is 11.6 Å². The molecule has 7 heteroatoms. The molecule has 2 aromatic carbocycles. The third-order valence-electron chi connectivity index (χ3n) is 4.43. The zero-order valence-corrected chi connectivity index (χ0v) is 16.5. The quantitative estimate of drug-likeness (QED) is 0.753. The third kappa shape index (κ3) is 4.70. The van der Waals surface area contributed by atoms with Gasteiger partial charge in [0.05, 0.1) is 12.1 Å². The summed E-state index contributed by atoms with van der Waals surface area (Å²) in [4.78, 5) is 37.5. The van der Waals surface area contributed by atoms with E-state index in [1.165, 1.54) is 4.90 Å². The summed E-state index contributed by atoms with van der Waals surface area (Å²) in [6.07, 6.45) is 0.267. The van der Waals surface area contributed by atoms with Gasteiger partial charge in [-0.1, -0.05) is 28.8 Å². The lowest BCUT2D eigenvalue weighted by Gasteiger charge is -2.26. The second kappa shape index (κ2) is 8.44. The summed E-state index contributed by atoms with van der Waals surface area (Å²) in [6.45, 7) is 4.72. The number of ether oxygens (including phenoxy) is 1. The minimum Gasteiger partial charge on any atom is -0.491 e. The lowest BCUT2D eigenvalue weighted by molar-refractivity contribution is -0.121. The van der Waals surface area contributed by atoms with Crippen molar-refractivity contribution in [2.75, 3.05) is 19.7 Å². The summed E-state index contributed by atoms with van der Waals surface area (Å²) in [6, 6.07) is 10.1. The number of aryl methyl sites for hydroxylation is 2. The maximum absolute atomic E-state index is 13.0. The Kier molecular flexibility index (Phi) is 5.99. The fraction of sp³-hybridized carbons (Fsp3) is 0.286. The van der Waals surface area contributed by atoms with Crippen LogP contribution in [-0.2, 0) is 4.79 Å². The molecule has 146 valence electrons.